The molecule has 0 aromatic heterocycles. The Kier molecular flexibility index (Phi) is 4.47. The van der Waals surface area contributed by atoms with Gasteiger partial charge in [0.15, 0.2) is 0 Å². The predicted molar refractivity (Wildman–Crippen MR) is 106 cm³/mol. The van der Waals surface area contributed by atoms with Crippen molar-refractivity contribution >= 4 is 22.7 Å². The summed E-state index contributed by atoms with van der Waals surface area (Å²) in [5, 5.41) is 22.4. The Hall–Kier alpha value is -2.14. The van der Waals surface area contributed by atoms with Crippen molar-refractivity contribution in [2.75, 3.05) is 0 Å². The van der Waals surface area contributed by atoms with E-state index in [1.54, 1.807) is 0 Å². The molecule has 0 fully saturated rings. The van der Waals surface area contributed by atoms with Crippen molar-refractivity contribution in [3.63, 3.8) is 0 Å². The van der Waals surface area contributed by atoms with E-state index in [2.05, 4.69) is 0 Å². The molecule has 29 heavy (non-hydrogen) atoms. The second kappa shape index (κ2) is 6.43. The number of hydrogen-bond acceptors (Lipinski definition) is 2. The maximum atomic E-state index is 12.5. The van der Waals surface area contributed by atoms with E-state index in [1.165, 1.54) is 0 Å². The molecule has 0 radical (unpaired) electrons. The van der Waals surface area contributed by atoms with Gasteiger partial charge < -0.3 is 10.2 Å². The first kappa shape index (κ1) is 20.1. The van der Waals surface area contributed by atoms with Gasteiger partial charge in [-0.3, -0.25) is 9.59 Å². The number of rotatable bonds is 2. The summed E-state index contributed by atoms with van der Waals surface area (Å²) in [4.78, 5) is 24.9. The number of benzene rings is 3. The summed E-state index contributed by atoms with van der Waals surface area (Å²) in [6.07, 6.45) is 0. The molecule has 3 aromatic carbocycles. The average Bonchev–Trinajstić information content (AvgIpc) is 2.68. The Morgan fingerprint density at radius 1 is 0.724 bits per heavy atom. The first-order chi connectivity index (χ1) is 13.3. The third kappa shape index (κ3) is 2.25. The molecule has 0 heterocycles. The van der Waals surface area contributed by atoms with Crippen molar-refractivity contribution in [1.82, 2.24) is 0 Å². The van der Waals surface area contributed by atoms with E-state index in [4.69, 9.17) is 0 Å². The fraction of sp³-hybridized carbons (Fsp3) is 0.250. The number of carboxylic acid groups (broad SMARTS) is 2. The van der Waals surface area contributed by atoms with Gasteiger partial charge in [0.2, 0.25) is 0 Å². The van der Waals surface area contributed by atoms with E-state index >= 15 is 0 Å². The second-order valence-corrected chi connectivity index (χ2v) is 8.29. The molecule has 2 N–H and O–H groups in total. The summed E-state index contributed by atoms with van der Waals surface area (Å²) in [7, 11) is 0. The summed E-state index contributed by atoms with van der Waals surface area (Å²) in [6, 6.07) is 19.7. The van der Waals surface area contributed by atoms with Crippen LogP contribution in [0, 0.1) is 11.8 Å². The van der Waals surface area contributed by atoms with Crippen LogP contribution in [0.4, 0.5) is 0 Å². The number of fused-ring (bicyclic) bond motifs is 2. The molecule has 3 aromatic rings. The number of carboxylic acids is 2. The molecule has 0 saturated heterocycles. The molecular weight excluding hydrogens is 375 g/mol. The van der Waals surface area contributed by atoms with E-state index in [-0.39, 0.29) is 29.6 Å². The molecule has 3 aliphatic rings. The molecule has 140 valence electrons. The van der Waals surface area contributed by atoms with Gasteiger partial charge in [0, 0.05) is 10.8 Å². The largest absolute Gasteiger partial charge is 1.00 e. The third-order valence-electron chi connectivity index (χ3n) is 7.16. The van der Waals surface area contributed by atoms with E-state index in [9.17, 15) is 19.8 Å². The molecular formula is C24H20NaO4+. The molecule has 2 bridgehead atoms. The van der Waals surface area contributed by atoms with Gasteiger partial charge in [-0.2, -0.15) is 0 Å². The van der Waals surface area contributed by atoms with Gasteiger partial charge >= 0.3 is 41.5 Å². The van der Waals surface area contributed by atoms with Crippen LogP contribution in [-0.4, -0.2) is 22.2 Å². The zero-order valence-corrected chi connectivity index (χ0v) is 18.6. The minimum Gasteiger partial charge on any atom is -0.481 e. The quantitative estimate of drug-likeness (QED) is 0.640. The van der Waals surface area contributed by atoms with E-state index in [1.807, 2.05) is 74.5 Å². The minimum atomic E-state index is -1.06. The van der Waals surface area contributed by atoms with Crippen LogP contribution in [0.3, 0.4) is 0 Å². The summed E-state index contributed by atoms with van der Waals surface area (Å²) in [5.41, 5.74) is 1.88. The zero-order chi connectivity index (χ0) is 19.8. The normalized spacial score (nSPS) is 28.9. The third-order valence-corrected chi connectivity index (χ3v) is 7.16. The Balaban J connectivity index is 0.00000205. The number of carbonyl (C=O) groups is 2. The van der Waals surface area contributed by atoms with Crippen molar-refractivity contribution in [2.24, 2.45) is 11.8 Å². The molecule has 0 amide bonds. The molecule has 0 aliphatic heterocycles. The van der Waals surface area contributed by atoms with Crippen LogP contribution >= 0.6 is 0 Å². The number of aliphatic carboxylic acids is 2. The second-order valence-electron chi connectivity index (χ2n) is 8.29. The smallest absolute Gasteiger partial charge is 0.481 e. The van der Waals surface area contributed by atoms with Gasteiger partial charge in [0.1, 0.15) is 0 Å². The molecule has 0 saturated carbocycles. The fourth-order valence-corrected chi connectivity index (χ4v) is 6.04. The molecule has 6 rings (SSSR count). The topological polar surface area (TPSA) is 74.6 Å². The van der Waals surface area contributed by atoms with Gasteiger partial charge in [0.05, 0.1) is 11.8 Å². The van der Waals surface area contributed by atoms with Crippen LogP contribution in [0.15, 0.2) is 60.7 Å². The van der Waals surface area contributed by atoms with Crippen LogP contribution in [0.1, 0.15) is 36.1 Å². The van der Waals surface area contributed by atoms with E-state index in [0.29, 0.717) is 0 Å². The average molecular weight is 395 g/mol. The maximum absolute atomic E-state index is 12.5. The summed E-state index contributed by atoms with van der Waals surface area (Å²) >= 11 is 0. The van der Waals surface area contributed by atoms with Crippen molar-refractivity contribution in [3.05, 3.63) is 82.9 Å². The Morgan fingerprint density at radius 2 is 1.24 bits per heavy atom. The fourth-order valence-electron chi connectivity index (χ4n) is 6.04. The first-order valence-corrected chi connectivity index (χ1v) is 9.41. The summed E-state index contributed by atoms with van der Waals surface area (Å²) in [6.45, 7) is 3.80. The summed E-state index contributed by atoms with van der Waals surface area (Å²) < 4.78 is 0. The molecule has 4 nitrogen and oxygen atoms in total. The Morgan fingerprint density at radius 3 is 1.86 bits per heavy atom. The Labute approximate surface area is 190 Å². The van der Waals surface area contributed by atoms with Gasteiger partial charge in [-0.25, -0.2) is 0 Å². The monoisotopic (exact) mass is 395 g/mol. The zero-order valence-electron chi connectivity index (χ0n) is 16.6. The van der Waals surface area contributed by atoms with Crippen molar-refractivity contribution in [1.29, 1.82) is 0 Å². The van der Waals surface area contributed by atoms with Crippen molar-refractivity contribution < 1.29 is 49.4 Å². The van der Waals surface area contributed by atoms with Gasteiger partial charge in [-0.1, -0.05) is 74.5 Å². The standard InChI is InChI=1S/C24H20O4.Na/c1-23-15-9-5-6-10-16(15)24(2,20(22(27)28)19(23)21(25)26)18-14-8-4-3-7-13(14)11-12-17(18)23;/h3-12,19-20H,1-2H3,(H,25,26)(H,27,28);/q;+1. The van der Waals surface area contributed by atoms with Crippen LogP contribution in [0.5, 0.6) is 0 Å². The van der Waals surface area contributed by atoms with Crippen LogP contribution < -0.4 is 29.6 Å². The molecule has 3 aliphatic carbocycles. The van der Waals surface area contributed by atoms with Gasteiger partial charge in [-0.05, 0) is 33.0 Å². The maximum Gasteiger partial charge on any atom is 1.00 e. The summed E-state index contributed by atoms with van der Waals surface area (Å²) in [5.74, 6) is -4.22. The van der Waals surface area contributed by atoms with Crippen molar-refractivity contribution in [2.45, 2.75) is 24.7 Å². The minimum absolute atomic E-state index is 0. The molecule has 4 atom stereocenters. The van der Waals surface area contributed by atoms with Gasteiger partial charge in [-0.15, -0.1) is 0 Å². The van der Waals surface area contributed by atoms with E-state index in [0.717, 1.165) is 33.0 Å². The predicted octanol–water partition coefficient (Wildman–Crippen LogP) is 1.18. The SMILES string of the molecule is CC12c3ccccc3C(C)(c3c1ccc1ccccc31)C(C(=O)O)C2C(=O)O.[Na+]. The van der Waals surface area contributed by atoms with E-state index < -0.39 is 34.6 Å². The van der Waals surface area contributed by atoms with Crippen LogP contribution in [-0.2, 0) is 20.4 Å². The Bertz CT molecular complexity index is 1190. The van der Waals surface area contributed by atoms with Crippen LogP contribution in [0.2, 0.25) is 0 Å². The first-order valence-electron chi connectivity index (χ1n) is 9.41. The van der Waals surface area contributed by atoms with Crippen molar-refractivity contribution in [3.8, 4) is 0 Å². The molecule has 4 unspecified atom stereocenters. The molecule has 5 heteroatoms. The molecule has 0 spiro atoms. The van der Waals surface area contributed by atoms with Crippen LogP contribution in [0.25, 0.3) is 10.8 Å². The number of hydrogen-bond donors (Lipinski definition) is 2. The van der Waals surface area contributed by atoms with Gasteiger partial charge in [0.25, 0.3) is 0 Å².